The summed E-state index contributed by atoms with van der Waals surface area (Å²) in [5.41, 5.74) is 1.46. The Kier molecular flexibility index (Phi) is 6.01. The molecule has 6 nitrogen and oxygen atoms in total. The van der Waals surface area contributed by atoms with Crippen molar-refractivity contribution in [2.24, 2.45) is 7.05 Å². The smallest absolute Gasteiger partial charge is 0.233 e. The van der Waals surface area contributed by atoms with Gasteiger partial charge in [0.1, 0.15) is 12.4 Å². The SMILES string of the molecule is COCCOc1ccc(NC(=O)C(C)c2ccnn2C)cc1Cl. The van der Waals surface area contributed by atoms with E-state index in [-0.39, 0.29) is 11.8 Å². The van der Waals surface area contributed by atoms with Crippen LogP contribution in [0.15, 0.2) is 30.5 Å². The molecule has 0 aliphatic heterocycles. The maximum atomic E-state index is 12.3. The molecule has 7 heteroatoms. The van der Waals surface area contributed by atoms with Crippen LogP contribution in [0, 0.1) is 0 Å². The summed E-state index contributed by atoms with van der Waals surface area (Å²) in [6.45, 7) is 2.73. The van der Waals surface area contributed by atoms with E-state index in [1.807, 2.05) is 20.0 Å². The van der Waals surface area contributed by atoms with Gasteiger partial charge in [0.2, 0.25) is 5.91 Å². The number of rotatable bonds is 7. The third kappa shape index (κ3) is 4.46. The average molecular weight is 338 g/mol. The maximum Gasteiger partial charge on any atom is 0.233 e. The summed E-state index contributed by atoms with van der Waals surface area (Å²) in [4.78, 5) is 12.3. The molecule has 0 spiro atoms. The van der Waals surface area contributed by atoms with Gasteiger partial charge in [-0.1, -0.05) is 11.6 Å². The molecule has 0 saturated heterocycles. The fourth-order valence-electron chi connectivity index (χ4n) is 2.12. The number of anilines is 1. The highest BCUT2D eigenvalue weighted by Crippen LogP contribution is 2.28. The van der Waals surface area contributed by atoms with Gasteiger partial charge in [0.05, 0.1) is 23.2 Å². The van der Waals surface area contributed by atoms with Crippen molar-refractivity contribution >= 4 is 23.2 Å². The zero-order valence-electron chi connectivity index (χ0n) is 13.4. The second kappa shape index (κ2) is 7.99. The van der Waals surface area contributed by atoms with Crippen molar-refractivity contribution in [3.63, 3.8) is 0 Å². The number of hydrogen-bond donors (Lipinski definition) is 1. The van der Waals surface area contributed by atoms with Crippen molar-refractivity contribution in [2.45, 2.75) is 12.8 Å². The number of carbonyl (C=O) groups is 1. The first-order valence-electron chi connectivity index (χ1n) is 7.23. The van der Waals surface area contributed by atoms with Crippen LogP contribution in [0.1, 0.15) is 18.5 Å². The molecule has 1 aromatic heterocycles. The fraction of sp³-hybridized carbons (Fsp3) is 0.375. The van der Waals surface area contributed by atoms with Crippen molar-refractivity contribution < 1.29 is 14.3 Å². The van der Waals surface area contributed by atoms with Crippen LogP contribution >= 0.6 is 11.6 Å². The minimum absolute atomic E-state index is 0.127. The molecule has 23 heavy (non-hydrogen) atoms. The molecule has 1 unspecified atom stereocenters. The molecular formula is C16H20ClN3O3. The Morgan fingerprint density at radius 2 is 2.17 bits per heavy atom. The van der Waals surface area contributed by atoms with Crippen LogP contribution in [0.2, 0.25) is 5.02 Å². The van der Waals surface area contributed by atoms with Crippen LogP contribution in [0.4, 0.5) is 5.69 Å². The van der Waals surface area contributed by atoms with Gasteiger partial charge in [-0.05, 0) is 31.2 Å². The Morgan fingerprint density at radius 3 is 2.78 bits per heavy atom. The van der Waals surface area contributed by atoms with E-state index >= 15 is 0 Å². The second-order valence-electron chi connectivity index (χ2n) is 5.08. The topological polar surface area (TPSA) is 65.4 Å². The molecule has 2 aromatic rings. The average Bonchev–Trinajstić information content (AvgIpc) is 2.95. The summed E-state index contributed by atoms with van der Waals surface area (Å²) < 4.78 is 12.1. The Morgan fingerprint density at radius 1 is 1.39 bits per heavy atom. The molecular weight excluding hydrogens is 318 g/mol. The first-order valence-corrected chi connectivity index (χ1v) is 7.60. The van der Waals surface area contributed by atoms with E-state index in [0.717, 1.165) is 5.69 Å². The third-order valence-corrected chi connectivity index (χ3v) is 3.74. The lowest BCUT2D eigenvalue weighted by Crippen LogP contribution is -2.20. The highest BCUT2D eigenvalue weighted by Gasteiger charge is 2.18. The Balaban J connectivity index is 2.01. The molecule has 1 amide bonds. The van der Waals surface area contributed by atoms with Gasteiger partial charge >= 0.3 is 0 Å². The second-order valence-corrected chi connectivity index (χ2v) is 5.48. The summed E-state index contributed by atoms with van der Waals surface area (Å²) in [6.07, 6.45) is 1.67. The number of halogens is 1. The fourth-order valence-corrected chi connectivity index (χ4v) is 2.36. The molecule has 124 valence electrons. The minimum Gasteiger partial charge on any atom is -0.490 e. The number of amides is 1. The molecule has 0 aliphatic carbocycles. The molecule has 0 bridgehead atoms. The number of nitrogens with one attached hydrogen (secondary N) is 1. The first kappa shape index (κ1) is 17.3. The number of aryl methyl sites for hydroxylation is 1. The number of carbonyl (C=O) groups excluding carboxylic acids is 1. The minimum atomic E-state index is -0.320. The first-order chi connectivity index (χ1) is 11.0. The number of ether oxygens (including phenoxy) is 2. The Bertz CT molecular complexity index is 672. The summed E-state index contributed by atoms with van der Waals surface area (Å²) in [7, 11) is 3.41. The van der Waals surface area contributed by atoms with Gasteiger partial charge < -0.3 is 14.8 Å². The summed E-state index contributed by atoms with van der Waals surface area (Å²) in [6, 6.07) is 6.96. The number of aromatic nitrogens is 2. The van der Waals surface area contributed by atoms with Crippen molar-refractivity contribution in [3.8, 4) is 5.75 Å². The largest absolute Gasteiger partial charge is 0.490 e. The molecule has 1 atom stereocenters. The van der Waals surface area contributed by atoms with Crippen molar-refractivity contribution in [3.05, 3.63) is 41.2 Å². The summed E-state index contributed by atoms with van der Waals surface area (Å²) >= 11 is 6.16. The van der Waals surface area contributed by atoms with E-state index in [2.05, 4.69) is 10.4 Å². The van der Waals surface area contributed by atoms with Crippen LogP contribution in [0.5, 0.6) is 5.75 Å². The highest BCUT2D eigenvalue weighted by atomic mass is 35.5. The number of methoxy groups -OCH3 is 1. The lowest BCUT2D eigenvalue weighted by atomic mass is 10.1. The molecule has 0 fully saturated rings. The van der Waals surface area contributed by atoms with Crippen LogP contribution < -0.4 is 10.1 Å². The Labute approximate surface area is 140 Å². The van der Waals surface area contributed by atoms with Gasteiger partial charge in [0, 0.05) is 26.0 Å². The molecule has 1 heterocycles. The third-order valence-electron chi connectivity index (χ3n) is 3.44. The molecule has 1 aromatic carbocycles. The van der Waals surface area contributed by atoms with Gasteiger partial charge in [0.15, 0.2) is 0 Å². The lowest BCUT2D eigenvalue weighted by molar-refractivity contribution is -0.117. The number of hydrogen-bond acceptors (Lipinski definition) is 4. The normalized spacial score (nSPS) is 12.0. The molecule has 0 radical (unpaired) electrons. The summed E-state index contributed by atoms with van der Waals surface area (Å²) in [5.74, 6) is 0.109. The lowest BCUT2D eigenvalue weighted by Gasteiger charge is -2.14. The van der Waals surface area contributed by atoms with Gasteiger partial charge in [0.25, 0.3) is 0 Å². The number of nitrogens with zero attached hydrogens (tertiary/aromatic N) is 2. The monoisotopic (exact) mass is 337 g/mol. The number of benzene rings is 1. The van der Waals surface area contributed by atoms with Crippen molar-refractivity contribution in [1.82, 2.24) is 9.78 Å². The predicted molar refractivity (Wildman–Crippen MR) is 89.1 cm³/mol. The maximum absolute atomic E-state index is 12.3. The van der Waals surface area contributed by atoms with Crippen molar-refractivity contribution in [1.29, 1.82) is 0 Å². The molecule has 0 aliphatic rings. The molecule has 0 saturated carbocycles. The zero-order valence-corrected chi connectivity index (χ0v) is 14.1. The van der Waals surface area contributed by atoms with E-state index in [9.17, 15) is 4.79 Å². The van der Waals surface area contributed by atoms with E-state index in [1.54, 1.807) is 36.2 Å². The predicted octanol–water partition coefficient (Wildman–Crippen LogP) is 2.84. The highest BCUT2D eigenvalue weighted by molar-refractivity contribution is 6.32. The molecule has 1 N–H and O–H groups in total. The van der Waals surface area contributed by atoms with Gasteiger partial charge in [-0.2, -0.15) is 5.10 Å². The van der Waals surface area contributed by atoms with E-state index in [1.165, 1.54) is 0 Å². The zero-order chi connectivity index (χ0) is 16.8. The van der Waals surface area contributed by atoms with Crippen LogP contribution in [0.25, 0.3) is 0 Å². The van der Waals surface area contributed by atoms with Gasteiger partial charge in [-0.15, -0.1) is 0 Å². The standard InChI is InChI=1S/C16H20ClN3O3/c1-11(14-6-7-18-20(14)2)16(21)19-12-4-5-15(13(17)10-12)23-9-8-22-3/h4-7,10-11H,8-9H2,1-3H3,(H,19,21). The van der Waals surface area contributed by atoms with Crippen LogP contribution in [-0.4, -0.2) is 36.0 Å². The van der Waals surface area contributed by atoms with Crippen LogP contribution in [-0.2, 0) is 16.6 Å². The van der Waals surface area contributed by atoms with E-state index in [4.69, 9.17) is 21.1 Å². The van der Waals surface area contributed by atoms with Gasteiger partial charge in [-0.3, -0.25) is 9.48 Å². The van der Waals surface area contributed by atoms with Crippen LogP contribution in [0.3, 0.4) is 0 Å². The Hall–Kier alpha value is -2.05. The van der Waals surface area contributed by atoms with E-state index < -0.39 is 0 Å². The molecule has 2 rings (SSSR count). The summed E-state index contributed by atoms with van der Waals surface area (Å²) in [5, 5.41) is 7.36. The van der Waals surface area contributed by atoms with Crippen molar-refractivity contribution in [2.75, 3.05) is 25.6 Å². The van der Waals surface area contributed by atoms with E-state index in [0.29, 0.717) is 29.7 Å². The van der Waals surface area contributed by atoms with Gasteiger partial charge in [-0.25, -0.2) is 0 Å². The quantitative estimate of drug-likeness (QED) is 0.789.